The Bertz CT molecular complexity index is 1850. The molecule has 3 unspecified atom stereocenters. The topological polar surface area (TPSA) is 105 Å². The number of allylic oxidation sites excluding steroid dienone is 22. The summed E-state index contributed by atoms with van der Waals surface area (Å²) in [5.74, 6) is -0.165. The molecule has 0 saturated heterocycles. The van der Waals surface area contributed by atoms with E-state index in [-0.39, 0.29) is 19.1 Å². The second kappa shape index (κ2) is 65.1. The van der Waals surface area contributed by atoms with Gasteiger partial charge in [-0.15, -0.1) is 0 Å². The number of nitrogens with zero attached hydrogens (tertiary/aromatic N) is 1. The monoisotopic (exact) mass is 1200 g/mol. The number of phosphoric acid groups is 1. The summed E-state index contributed by atoms with van der Waals surface area (Å²) >= 11 is 0. The van der Waals surface area contributed by atoms with E-state index in [4.69, 9.17) is 9.05 Å². The molecular weight excluding hydrogens is 1070 g/mol. The minimum atomic E-state index is -4.35. The molecule has 85 heavy (non-hydrogen) atoms. The van der Waals surface area contributed by atoms with E-state index in [2.05, 4.69) is 153 Å². The molecule has 0 spiro atoms. The molecule has 0 aliphatic heterocycles. The van der Waals surface area contributed by atoms with Gasteiger partial charge in [0.2, 0.25) is 5.91 Å². The van der Waals surface area contributed by atoms with Gasteiger partial charge in [0.1, 0.15) is 13.2 Å². The number of carbonyl (C=O) groups is 1. The summed E-state index contributed by atoms with van der Waals surface area (Å²) in [4.78, 5) is 23.5. The Morgan fingerprint density at radius 1 is 0.412 bits per heavy atom. The maximum absolute atomic E-state index is 13.1. The van der Waals surface area contributed by atoms with E-state index in [0.29, 0.717) is 23.9 Å². The van der Waals surface area contributed by atoms with Gasteiger partial charge < -0.3 is 19.8 Å². The molecule has 0 saturated carbocycles. The van der Waals surface area contributed by atoms with Crippen LogP contribution in [0.5, 0.6) is 0 Å². The molecular formula is C76H134N2O6P+. The Hall–Kier alpha value is -3.36. The third-order valence-electron chi connectivity index (χ3n) is 15.2. The van der Waals surface area contributed by atoms with Crippen molar-refractivity contribution in [3.8, 4) is 0 Å². The number of phosphoric ester groups is 1. The van der Waals surface area contributed by atoms with Crippen LogP contribution in [0.25, 0.3) is 0 Å². The SMILES string of the molecule is CC/C=C\C/C=C\C/C=C\C/C=C\C/C=C\C/C=C\C/C=C\C/C=C\C/C=C\C/C=C\C/C=C\CCCCCCCC(=O)NC(COP(=O)(O)OCC[N+](C)(C)C)C(O)CCCCCCCCCCCCCCCCCCCCCCCCCC. The van der Waals surface area contributed by atoms with E-state index in [1.165, 1.54) is 135 Å². The molecule has 0 rings (SSSR count). The zero-order valence-electron chi connectivity index (χ0n) is 55.8. The summed E-state index contributed by atoms with van der Waals surface area (Å²) < 4.78 is 23.9. The first-order valence-corrected chi connectivity index (χ1v) is 36.5. The van der Waals surface area contributed by atoms with E-state index in [1.54, 1.807) is 0 Å². The van der Waals surface area contributed by atoms with Crippen molar-refractivity contribution in [1.29, 1.82) is 0 Å². The quantitative estimate of drug-likeness (QED) is 0.0243. The van der Waals surface area contributed by atoms with Crippen LogP contribution >= 0.6 is 7.82 Å². The average molecular weight is 1200 g/mol. The number of aliphatic hydroxyl groups excluding tert-OH is 1. The van der Waals surface area contributed by atoms with Gasteiger partial charge >= 0.3 is 7.82 Å². The van der Waals surface area contributed by atoms with Gasteiger partial charge in [-0.05, 0) is 96.3 Å². The van der Waals surface area contributed by atoms with Crippen molar-refractivity contribution in [2.75, 3.05) is 40.9 Å². The second-order valence-corrected chi connectivity index (χ2v) is 26.0. The molecule has 0 aromatic heterocycles. The van der Waals surface area contributed by atoms with Crippen molar-refractivity contribution in [1.82, 2.24) is 5.32 Å². The first kappa shape index (κ1) is 81.6. The van der Waals surface area contributed by atoms with Crippen LogP contribution in [0.3, 0.4) is 0 Å². The number of likely N-dealkylation sites (N-methyl/N-ethyl adjacent to an activating group) is 1. The predicted molar refractivity (Wildman–Crippen MR) is 373 cm³/mol. The molecule has 9 heteroatoms. The number of carbonyl (C=O) groups excluding carboxylic acids is 1. The summed E-state index contributed by atoms with van der Waals surface area (Å²) in [6.45, 7) is 4.77. The molecule has 1 amide bonds. The Morgan fingerprint density at radius 2 is 0.706 bits per heavy atom. The highest BCUT2D eigenvalue weighted by molar-refractivity contribution is 7.47. The number of amides is 1. The molecule has 488 valence electrons. The zero-order chi connectivity index (χ0) is 61.9. The molecule has 0 fully saturated rings. The van der Waals surface area contributed by atoms with Gasteiger partial charge in [-0.2, -0.15) is 0 Å². The maximum atomic E-state index is 13.1. The lowest BCUT2D eigenvalue weighted by Crippen LogP contribution is -2.46. The fraction of sp³-hybridized carbons (Fsp3) is 0.697. The number of nitrogens with one attached hydrogen (secondary N) is 1. The van der Waals surface area contributed by atoms with E-state index >= 15 is 0 Å². The summed E-state index contributed by atoms with van der Waals surface area (Å²) in [5.41, 5.74) is 0. The predicted octanol–water partition coefficient (Wildman–Crippen LogP) is 22.6. The Labute approximate surface area is 526 Å². The van der Waals surface area contributed by atoms with Crippen molar-refractivity contribution < 1.29 is 32.9 Å². The standard InChI is InChI=1S/C76H133N2O6P/c1-6-8-10-12-14-16-18-20-22-24-26-28-30-32-33-34-35-36-37-38-39-40-41-42-43-44-45-46-48-50-52-54-56-58-60-62-64-66-68-70-76(80)77-74(73-84-85(81,82)83-72-71-78(3,4)5)75(79)69-67-65-63-61-59-57-55-53-51-49-47-31-29-27-25-23-21-19-17-15-13-11-9-7-2/h8,10,14,16,20,22,26,28,32-33,35-36,38-39,41-42,44-45,48,50,54,56,74-75,79H,6-7,9,11-13,15,17-19,21,23-25,27,29-31,34,37,40,43,46-47,49,51-53,55,57-73H2,1-5H3,(H-,77,80,81,82)/p+1/b10-8-,16-14-,22-20-,28-26-,33-32-,36-35-,39-38-,42-41-,45-44-,50-48-,56-54-. The molecule has 0 aliphatic rings. The van der Waals surface area contributed by atoms with Gasteiger partial charge in [0.15, 0.2) is 0 Å². The Balaban J connectivity index is 4.16. The van der Waals surface area contributed by atoms with E-state index in [0.717, 1.165) is 128 Å². The number of quaternary nitrogens is 1. The van der Waals surface area contributed by atoms with E-state index < -0.39 is 20.0 Å². The number of rotatable bonds is 63. The molecule has 0 radical (unpaired) electrons. The minimum absolute atomic E-state index is 0.0643. The summed E-state index contributed by atoms with van der Waals surface area (Å²) in [5, 5.41) is 14.1. The number of aliphatic hydroxyl groups is 1. The second-order valence-electron chi connectivity index (χ2n) is 24.5. The lowest BCUT2D eigenvalue weighted by Gasteiger charge is -2.26. The lowest BCUT2D eigenvalue weighted by molar-refractivity contribution is -0.870. The number of hydrogen-bond donors (Lipinski definition) is 3. The highest BCUT2D eigenvalue weighted by atomic mass is 31.2. The molecule has 0 aromatic rings. The molecule has 8 nitrogen and oxygen atoms in total. The highest BCUT2D eigenvalue weighted by Crippen LogP contribution is 2.43. The summed E-state index contributed by atoms with van der Waals surface area (Å²) in [6.07, 6.45) is 98.3. The minimum Gasteiger partial charge on any atom is -0.391 e. The third-order valence-corrected chi connectivity index (χ3v) is 16.1. The van der Waals surface area contributed by atoms with Gasteiger partial charge in [-0.25, -0.2) is 4.57 Å². The molecule has 3 N–H and O–H groups in total. The van der Waals surface area contributed by atoms with E-state index in [9.17, 15) is 19.4 Å². The first-order chi connectivity index (χ1) is 41.5. The van der Waals surface area contributed by atoms with Gasteiger partial charge in [-0.3, -0.25) is 13.8 Å². The van der Waals surface area contributed by atoms with Crippen LogP contribution in [0.15, 0.2) is 134 Å². The molecule has 0 heterocycles. The smallest absolute Gasteiger partial charge is 0.391 e. The largest absolute Gasteiger partial charge is 0.472 e. The third kappa shape index (κ3) is 68.0. The average Bonchev–Trinajstić information content (AvgIpc) is 3.49. The number of unbranched alkanes of at least 4 members (excludes halogenated alkanes) is 28. The molecule has 0 aromatic carbocycles. The normalized spacial score (nSPS) is 14.5. The van der Waals surface area contributed by atoms with Crippen LogP contribution in [0.2, 0.25) is 0 Å². The van der Waals surface area contributed by atoms with Gasteiger partial charge in [0.25, 0.3) is 0 Å². The van der Waals surface area contributed by atoms with Crippen LogP contribution in [0.1, 0.15) is 290 Å². The van der Waals surface area contributed by atoms with Crippen molar-refractivity contribution in [2.24, 2.45) is 0 Å². The van der Waals surface area contributed by atoms with Gasteiger partial charge in [0.05, 0.1) is 39.9 Å². The van der Waals surface area contributed by atoms with Crippen molar-refractivity contribution >= 4 is 13.7 Å². The van der Waals surface area contributed by atoms with Crippen LogP contribution in [-0.2, 0) is 18.4 Å². The summed E-state index contributed by atoms with van der Waals surface area (Å²) in [6, 6.07) is -0.783. The molecule has 0 bridgehead atoms. The molecule has 0 aliphatic carbocycles. The van der Waals surface area contributed by atoms with Crippen LogP contribution in [-0.4, -0.2) is 73.4 Å². The van der Waals surface area contributed by atoms with E-state index in [1.807, 2.05) is 21.1 Å². The van der Waals surface area contributed by atoms with Crippen molar-refractivity contribution in [3.63, 3.8) is 0 Å². The van der Waals surface area contributed by atoms with Gasteiger partial charge in [-0.1, -0.05) is 321 Å². The first-order valence-electron chi connectivity index (χ1n) is 35.0. The van der Waals surface area contributed by atoms with Crippen molar-refractivity contribution in [3.05, 3.63) is 134 Å². The lowest BCUT2D eigenvalue weighted by atomic mass is 10.0. The number of hydrogen-bond acceptors (Lipinski definition) is 5. The van der Waals surface area contributed by atoms with Crippen LogP contribution < -0.4 is 5.32 Å². The summed E-state index contributed by atoms with van der Waals surface area (Å²) in [7, 11) is 1.59. The maximum Gasteiger partial charge on any atom is 0.472 e. The fourth-order valence-corrected chi connectivity index (χ4v) is 10.5. The van der Waals surface area contributed by atoms with Crippen LogP contribution in [0.4, 0.5) is 0 Å². The zero-order valence-corrected chi connectivity index (χ0v) is 56.7. The fourth-order valence-electron chi connectivity index (χ4n) is 9.76. The van der Waals surface area contributed by atoms with Crippen LogP contribution in [0, 0.1) is 0 Å². The van der Waals surface area contributed by atoms with Gasteiger partial charge in [0, 0.05) is 6.42 Å². The Morgan fingerprint density at radius 3 is 1.04 bits per heavy atom. The molecule has 3 atom stereocenters. The Kier molecular flexibility index (Phi) is 62.5. The highest BCUT2D eigenvalue weighted by Gasteiger charge is 2.28. The van der Waals surface area contributed by atoms with Crippen molar-refractivity contribution in [2.45, 2.75) is 302 Å².